The van der Waals surface area contributed by atoms with E-state index >= 15 is 0 Å². The molecule has 0 radical (unpaired) electrons. The number of nitrogens with one attached hydrogen (secondary N) is 1. The molecular formula is C11H17ClN2O2S. The summed E-state index contributed by atoms with van der Waals surface area (Å²) in [5, 5.41) is 3.24. The van der Waals surface area contributed by atoms with Crippen molar-refractivity contribution in [3.63, 3.8) is 0 Å². The van der Waals surface area contributed by atoms with Gasteiger partial charge in [-0.3, -0.25) is 0 Å². The molecule has 1 heterocycles. The molecule has 0 unspecified atom stereocenters. The second-order valence-electron chi connectivity index (χ2n) is 4.14. The first-order valence-electron chi connectivity index (χ1n) is 5.27. The summed E-state index contributed by atoms with van der Waals surface area (Å²) in [6, 6.07) is 5.39. The van der Waals surface area contributed by atoms with Gasteiger partial charge in [-0.2, -0.15) is 0 Å². The third kappa shape index (κ3) is 2.80. The van der Waals surface area contributed by atoms with Crippen molar-refractivity contribution in [1.82, 2.24) is 9.62 Å². The highest BCUT2D eigenvalue weighted by Gasteiger charge is 2.19. The molecule has 0 amide bonds. The zero-order chi connectivity index (χ0) is 11.8. The van der Waals surface area contributed by atoms with Gasteiger partial charge < -0.3 is 5.32 Å². The van der Waals surface area contributed by atoms with Crippen molar-refractivity contribution in [2.45, 2.75) is 17.9 Å². The third-order valence-electron chi connectivity index (χ3n) is 2.84. The Morgan fingerprint density at radius 2 is 1.94 bits per heavy atom. The Kier molecular flexibility index (Phi) is 4.55. The SMILES string of the molecule is CN(C)S(=O)(=O)c1ccc2c(c1)CNCC2.Cl. The molecule has 0 spiro atoms. The molecule has 2 rings (SSSR count). The van der Waals surface area contributed by atoms with Gasteiger partial charge in [0.05, 0.1) is 4.90 Å². The van der Waals surface area contributed by atoms with Crippen LogP contribution in [0.25, 0.3) is 0 Å². The summed E-state index contributed by atoms with van der Waals surface area (Å²) in [5.41, 5.74) is 2.34. The van der Waals surface area contributed by atoms with Crippen LogP contribution in [-0.2, 0) is 23.0 Å². The van der Waals surface area contributed by atoms with Crippen molar-refractivity contribution in [3.05, 3.63) is 29.3 Å². The Balaban J connectivity index is 0.00000144. The van der Waals surface area contributed by atoms with E-state index < -0.39 is 10.0 Å². The summed E-state index contributed by atoms with van der Waals surface area (Å²) in [5.74, 6) is 0. The van der Waals surface area contributed by atoms with Gasteiger partial charge in [0, 0.05) is 20.6 Å². The predicted molar refractivity (Wildman–Crippen MR) is 70.0 cm³/mol. The summed E-state index contributed by atoms with van der Waals surface area (Å²) in [6.07, 6.45) is 0.970. The van der Waals surface area contributed by atoms with Gasteiger partial charge in [-0.25, -0.2) is 12.7 Å². The van der Waals surface area contributed by atoms with E-state index in [0.29, 0.717) is 4.90 Å². The monoisotopic (exact) mass is 276 g/mol. The minimum absolute atomic E-state index is 0. The molecule has 1 aliphatic heterocycles. The molecule has 4 nitrogen and oxygen atoms in total. The van der Waals surface area contributed by atoms with Crippen molar-refractivity contribution in [2.75, 3.05) is 20.6 Å². The molecule has 0 fully saturated rings. The second kappa shape index (κ2) is 5.35. The molecule has 1 aromatic carbocycles. The predicted octanol–water partition coefficient (Wildman–Crippen LogP) is 1.00. The van der Waals surface area contributed by atoms with Gasteiger partial charge in [0.15, 0.2) is 0 Å². The van der Waals surface area contributed by atoms with Crippen molar-refractivity contribution in [1.29, 1.82) is 0 Å². The highest BCUT2D eigenvalue weighted by atomic mass is 35.5. The highest BCUT2D eigenvalue weighted by molar-refractivity contribution is 7.89. The van der Waals surface area contributed by atoms with Crippen LogP contribution >= 0.6 is 12.4 Å². The molecule has 17 heavy (non-hydrogen) atoms. The maximum Gasteiger partial charge on any atom is 0.242 e. The average Bonchev–Trinajstić information content (AvgIpc) is 2.28. The van der Waals surface area contributed by atoms with Gasteiger partial charge in [0.2, 0.25) is 10.0 Å². The molecule has 1 aromatic rings. The molecule has 0 saturated heterocycles. The summed E-state index contributed by atoms with van der Waals surface area (Å²) in [6.45, 7) is 1.72. The van der Waals surface area contributed by atoms with E-state index in [1.54, 1.807) is 26.2 Å². The number of rotatable bonds is 2. The van der Waals surface area contributed by atoms with Crippen molar-refractivity contribution in [3.8, 4) is 0 Å². The van der Waals surface area contributed by atoms with E-state index in [-0.39, 0.29) is 12.4 Å². The van der Waals surface area contributed by atoms with Crippen LogP contribution in [0, 0.1) is 0 Å². The Bertz CT molecular complexity index is 500. The second-order valence-corrected chi connectivity index (χ2v) is 6.30. The van der Waals surface area contributed by atoms with Crippen LogP contribution in [0.3, 0.4) is 0 Å². The lowest BCUT2D eigenvalue weighted by atomic mass is 10.0. The molecule has 0 atom stereocenters. The standard InChI is InChI=1S/C11H16N2O2S.ClH/c1-13(2)16(14,15)11-4-3-9-5-6-12-8-10(9)7-11;/h3-4,7,12H,5-6,8H2,1-2H3;1H. The van der Waals surface area contributed by atoms with Crippen LogP contribution in [0.1, 0.15) is 11.1 Å². The van der Waals surface area contributed by atoms with Crippen LogP contribution in [0.15, 0.2) is 23.1 Å². The third-order valence-corrected chi connectivity index (χ3v) is 4.65. The number of sulfonamides is 1. The lowest BCUT2D eigenvalue weighted by molar-refractivity contribution is 0.520. The fraction of sp³-hybridized carbons (Fsp3) is 0.455. The molecule has 0 bridgehead atoms. The number of hydrogen-bond acceptors (Lipinski definition) is 3. The van der Waals surface area contributed by atoms with E-state index in [1.165, 1.54) is 9.87 Å². The van der Waals surface area contributed by atoms with Gasteiger partial charge in [-0.15, -0.1) is 12.4 Å². The largest absolute Gasteiger partial charge is 0.312 e. The lowest BCUT2D eigenvalue weighted by Gasteiger charge is -2.19. The van der Waals surface area contributed by atoms with E-state index in [1.807, 2.05) is 6.07 Å². The quantitative estimate of drug-likeness (QED) is 0.877. The van der Waals surface area contributed by atoms with Crippen LogP contribution in [0.4, 0.5) is 0 Å². The van der Waals surface area contributed by atoms with Gasteiger partial charge >= 0.3 is 0 Å². The van der Waals surface area contributed by atoms with Gasteiger partial charge in [0.25, 0.3) is 0 Å². The maximum atomic E-state index is 11.9. The van der Waals surface area contributed by atoms with E-state index in [2.05, 4.69) is 5.32 Å². The lowest BCUT2D eigenvalue weighted by Crippen LogP contribution is -2.25. The zero-order valence-corrected chi connectivity index (χ0v) is 11.6. The first kappa shape index (κ1) is 14.4. The Morgan fingerprint density at radius 3 is 2.59 bits per heavy atom. The van der Waals surface area contributed by atoms with Crippen LogP contribution in [-0.4, -0.2) is 33.4 Å². The van der Waals surface area contributed by atoms with Gasteiger partial charge in [-0.05, 0) is 36.2 Å². The molecule has 0 aliphatic carbocycles. The zero-order valence-electron chi connectivity index (χ0n) is 9.93. The summed E-state index contributed by atoms with van der Waals surface area (Å²) in [7, 11) is -0.208. The fourth-order valence-corrected chi connectivity index (χ4v) is 2.78. The highest BCUT2D eigenvalue weighted by Crippen LogP contribution is 2.20. The first-order chi connectivity index (χ1) is 7.51. The number of hydrogen-bond donors (Lipinski definition) is 1. The summed E-state index contributed by atoms with van der Waals surface area (Å²) >= 11 is 0. The first-order valence-corrected chi connectivity index (χ1v) is 6.71. The number of fused-ring (bicyclic) bond motifs is 1. The Hall–Kier alpha value is -0.620. The molecule has 96 valence electrons. The minimum Gasteiger partial charge on any atom is -0.312 e. The Morgan fingerprint density at radius 1 is 1.24 bits per heavy atom. The molecule has 1 N–H and O–H groups in total. The van der Waals surface area contributed by atoms with Crippen LogP contribution in [0.2, 0.25) is 0 Å². The number of nitrogens with zero attached hydrogens (tertiary/aromatic N) is 1. The molecular weight excluding hydrogens is 260 g/mol. The normalized spacial score (nSPS) is 15.2. The number of halogens is 1. The van der Waals surface area contributed by atoms with Crippen LogP contribution in [0.5, 0.6) is 0 Å². The van der Waals surface area contributed by atoms with Crippen molar-refractivity contribution >= 4 is 22.4 Å². The maximum absolute atomic E-state index is 11.9. The topological polar surface area (TPSA) is 49.4 Å². The summed E-state index contributed by atoms with van der Waals surface area (Å²) < 4.78 is 25.1. The van der Waals surface area contributed by atoms with Crippen LogP contribution < -0.4 is 5.32 Å². The average molecular weight is 277 g/mol. The molecule has 0 saturated carbocycles. The van der Waals surface area contributed by atoms with Gasteiger partial charge in [-0.1, -0.05) is 6.07 Å². The minimum atomic E-state index is -3.30. The van der Waals surface area contributed by atoms with Crippen molar-refractivity contribution in [2.24, 2.45) is 0 Å². The fourth-order valence-electron chi connectivity index (χ4n) is 1.83. The van der Waals surface area contributed by atoms with Gasteiger partial charge in [0.1, 0.15) is 0 Å². The summed E-state index contributed by atoms with van der Waals surface area (Å²) in [4.78, 5) is 0.375. The molecule has 1 aliphatic rings. The number of benzene rings is 1. The van der Waals surface area contributed by atoms with E-state index in [0.717, 1.165) is 25.1 Å². The molecule has 0 aromatic heterocycles. The Labute approximate surface area is 108 Å². The smallest absolute Gasteiger partial charge is 0.242 e. The van der Waals surface area contributed by atoms with E-state index in [4.69, 9.17) is 0 Å². The molecule has 6 heteroatoms. The van der Waals surface area contributed by atoms with Crippen molar-refractivity contribution < 1.29 is 8.42 Å². The van der Waals surface area contributed by atoms with E-state index in [9.17, 15) is 8.42 Å².